The molecule has 0 spiro atoms. The van der Waals surface area contributed by atoms with Crippen molar-refractivity contribution in [1.82, 2.24) is 0 Å². The van der Waals surface area contributed by atoms with Crippen molar-refractivity contribution in [2.24, 2.45) is 0 Å². The van der Waals surface area contributed by atoms with E-state index >= 15 is 0 Å². The molecule has 0 aromatic heterocycles. The lowest BCUT2D eigenvalue weighted by Gasteiger charge is -2.04. The van der Waals surface area contributed by atoms with Crippen molar-refractivity contribution in [3.05, 3.63) is 18.6 Å². The van der Waals surface area contributed by atoms with Gasteiger partial charge in [-0.3, -0.25) is 0 Å². The average Bonchev–Trinajstić information content (AvgIpc) is 2.31. The third-order valence-corrected chi connectivity index (χ3v) is 2.65. The molecular formula is C15H27O2. The highest BCUT2D eigenvalue weighted by Gasteiger charge is 2.01. The van der Waals surface area contributed by atoms with Gasteiger partial charge in [-0.2, -0.15) is 0 Å². The Morgan fingerprint density at radius 1 is 1.12 bits per heavy atom. The summed E-state index contributed by atoms with van der Waals surface area (Å²) in [5.74, 6) is -0.274. The molecule has 99 valence electrons. The van der Waals surface area contributed by atoms with Gasteiger partial charge in [0.05, 0.1) is 6.61 Å². The fraction of sp³-hybridized carbons (Fsp3) is 0.733. The van der Waals surface area contributed by atoms with Gasteiger partial charge >= 0.3 is 5.97 Å². The summed E-state index contributed by atoms with van der Waals surface area (Å²) in [5.41, 5.74) is 0.477. The lowest BCUT2D eigenvalue weighted by molar-refractivity contribution is -0.139. The number of carbonyl (C=O) groups excluding carboxylic acids is 1. The van der Waals surface area contributed by atoms with Crippen molar-refractivity contribution in [3.63, 3.8) is 0 Å². The third-order valence-electron chi connectivity index (χ3n) is 2.65. The number of hydrogen-bond donors (Lipinski definition) is 0. The maximum atomic E-state index is 11.0. The Morgan fingerprint density at radius 3 is 2.41 bits per heavy atom. The monoisotopic (exact) mass is 239 g/mol. The molecule has 1 radical (unpaired) electrons. The molecule has 0 bridgehead atoms. The van der Waals surface area contributed by atoms with Gasteiger partial charge in [-0.1, -0.05) is 52.0 Å². The minimum absolute atomic E-state index is 0.274. The molecule has 0 atom stereocenters. The van der Waals surface area contributed by atoms with Crippen molar-refractivity contribution < 1.29 is 9.53 Å². The van der Waals surface area contributed by atoms with Crippen LogP contribution in [0.1, 0.15) is 65.2 Å². The van der Waals surface area contributed by atoms with Gasteiger partial charge in [0.2, 0.25) is 0 Å². The first-order valence-electron chi connectivity index (χ1n) is 6.82. The fourth-order valence-corrected chi connectivity index (χ4v) is 1.55. The van der Waals surface area contributed by atoms with Gasteiger partial charge in [-0.05, 0) is 26.2 Å². The largest absolute Gasteiger partial charge is 0.462 e. The van der Waals surface area contributed by atoms with E-state index in [1.165, 1.54) is 38.5 Å². The van der Waals surface area contributed by atoms with E-state index in [9.17, 15) is 4.79 Å². The maximum absolute atomic E-state index is 11.0. The second-order valence-corrected chi connectivity index (χ2v) is 4.55. The highest BCUT2D eigenvalue weighted by Crippen LogP contribution is 2.08. The minimum atomic E-state index is -0.274. The number of ether oxygens (including phenoxy) is 1. The van der Waals surface area contributed by atoms with E-state index in [1.807, 2.05) is 0 Å². The predicted octanol–water partition coefficient (Wildman–Crippen LogP) is 4.45. The first-order valence-corrected chi connectivity index (χ1v) is 6.82. The van der Waals surface area contributed by atoms with E-state index in [4.69, 9.17) is 4.74 Å². The van der Waals surface area contributed by atoms with Crippen LogP contribution in [0.15, 0.2) is 12.2 Å². The Bertz CT molecular complexity index is 209. The van der Waals surface area contributed by atoms with Gasteiger partial charge in [-0.15, -0.1) is 0 Å². The Kier molecular flexibility index (Phi) is 11.1. The van der Waals surface area contributed by atoms with Gasteiger partial charge < -0.3 is 4.74 Å². The summed E-state index contributed by atoms with van der Waals surface area (Å²) in [7, 11) is 0. The number of carbonyl (C=O) groups is 1. The van der Waals surface area contributed by atoms with Crippen molar-refractivity contribution >= 4 is 5.97 Å². The first-order chi connectivity index (χ1) is 8.18. The minimum Gasteiger partial charge on any atom is -0.462 e. The lowest BCUT2D eigenvalue weighted by Crippen LogP contribution is -2.06. The van der Waals surface area contributed by atoms with Crippen LogP contribution in [-0.2, 0) is 9.53 Å². The van der Waals surface area contributed by atoms with Crippen LogP contribution < -0.4 is 0 Å². The highest BCUT2D eigenvalue weighted by molar-refractivity contribution is 5.86. The Labute approximate surface area is 106 Å². The topological polar surface area (TPSA) is 26.3 Å². The van der Waals surface area contributed by atoms with Gasteiger partial charge in [0.25, 0.3) is 0 Å². The summed E-state index contributed by atoms with van der Waals surface area (Å²) in [5, 5.41) is 0. The number of rotatable bonds is 11. The van der Waals surface area contributed by atoms with Crippen LogP contribution >= 0.6 is 0 Å². The van der Waals surface area contributed by atoms with E-state index in [0.29, 0.717) is 12.2 Å². The quantitative estimate of drug-likeness (QED) is 0.302. The normalized spacial score (nSPS) is 10.2. The first kappa shape index (κ1) is 16.2. The van der Waals surface area contributed by atoms with Crippen LogP contribution in [0.25, 0.3) is 0 Å². The fourth-order valence-electron chi connectivity index (χ4n) is 1.55. The molecule has 0 fully saturated rings. The second-order valence-electron chi connectivity index (χ2n) is 4.55. The summed E-state index contributed by atoms with van der Waals surface area (Å²) >= 11 is 0. The van der Waals surface area contributed by atoms with Crippen LogP contribution in [0.2, 0.25) is 0 Å². The van der Waals surface area contributed by atoms with Gasteiger partial charge in [0.1, 0.15) is 0 Å². The Hall–Kier alpha value is -0.790. The summed E-state index contributed by atoms with van der Waals surface area (Å²) in [6.45, 7) is 7.95. The van der Waals surface area contributed by atoms with Gasteiger partial charge in [0.15, 0.2) is 0 Å². The van der Waals surface area contributed by atoms with Crippen LogP contribution in [0.3, 0.4) is 0 Å². The predicted molar refractivity (Wildman–Crippen MR) is 72.7 cm³/mol. The number of unbranched alkanes of at least 4 members (excludes halogenated alkanes) is 8. The third kappa shape index (κ3) is 11.5. The molecule has 17 heavy (non-hydrogen) atoms. The molecule has 0 saturated heterocycles. The van der Waals surface area contributed by atoms with Crippen LogP contribution in [-0.4, -0.2) is 12.6 Å². The molecule has 2 nitrogen and oxygen atoms in total. The van der Waals surface area contributed by atoms with E-state index in [1.54, 1.807) is 6.92 Å². The van der Waals surface area contributed by atoms with E-state index in [-0.39, 0.29) is 5.97 Å². The molecule has 0 aromatic carbocycles. The molecule has 0 aromatic rings. The zero-order valence-corrected chi connectivity index (χ0v) is 11.5. The van der Waals surface area contributed by atoms with Crippen molar-refractivity contribution in [2.45, 2.75) is 65.2 Å². The molecule has 0 amide bonds. The van der Waals surface area contributed by atoms with Gasteiger partial charge in [0, 0.05) is 5.57 Å². The van der Waals surface area contributed by atoms with E-state index in [0.717, 1.165) is 12.8 Å². The number of esters is 1. The summed E-state index contributed by atoms with van der Waals surface area (Å²) in [6, 6.07) is 0. The standard InChI is InChI=1S/C15H27O2/c1-4-5-6-7-8-9-10-11-12-13-17-15(16)14(2)3/h10H,2,4-9,11-13H2,1,3H3. The van der Waals surface area contributed by atoms with E-state index < -0.39 is 0 Å². The summed E-state index contributed by atoms with van der Waals surface area (Å²) < 4.78 is 5.00. The zero-order chi connectivity index (χ0) is 12.9. The molecule has 0 rings (SSSR count). The molecule has 0 unspecified atom stereocenters. The highest BCUT2D eigenvalue weighted by atomic mass is 16.5. The zero-order valence-electron chi connectivity index (χ0n) is 11.5. The van der Waals surface area contributed by atoms with Gasteiger partial charge in [-0.25, -0.2) is 4.79 Å². The Balaban J connectivity index is 3.08. The number of hydrogen-bond acceptors (Lipinski definition) is 2. The SMILES string of the molecule is C=C(C)C(=O)OCCC[CH]CCCCCCC. The molecule has 0 heterocycles. The van der Waals surface area contributed by atoms with Crippen molar-refractivity contribution in [2.75, 3.05) is 6.61 Å². The molecule has 0 aliphatic heterocycles. The summed E-state index contributed by atoms with van der Waals surface area (Å²) in [4.78, 5) is 11.0. The van der Waals surface area contributed by atoms with Crippen LogP contribution in [0.5, 0.6) is 0 Å². The van der Waals surface area contributed by atoms with Crippen molar-refractivity contribution in [3.8, 4) is 0 Å². The molecule has 0 N–H and O–H groups in total. The smallest absolute Gasteiger partial charge is 0.333 e. The molecule has 0 saturated carbocycles. The van der Waals surface area contributed by atoms with Crippen LogP contribution in [0.4, 0.5) is 0 Å². The molecule has 0 aliphatic carbocycles. The average molecular weight is 239 g/mol. The second kappa shape index (κ2) is 11.7. The van der Waals surface area contributed by atoms with Crippen LogP contribution in [0, 0.1) is 6.42 Å². The summed E-state index contributed by atoms with van der Waals surface area (Å²) in [6.07, 6.45) is 12.1. The lowest BCUT2D eigenvalue weighted by atomic mass is 10.1. The Morgan fingerprint density at radius 2 is 1.76 bits per heavy atom. The molecular weight excluding hydrogens is 212 g/mol. The molecule has 0 aliphatic rings. The van der Waals surface area contributed by atoms with E-state index in [2.05, 4.69) is 19.9 Å². The molecule has 2 heteroatoms. The van der Waals surface area contributed by atoms with Crippen molar-refractivity contribution in [1.29, 1.82) is 0 Å². The maximum Gasteiger partial charge on any atom is 0.333 e.